The highest BCUT2D eigenvalue weighted by Gasteiger charge is 2.48. The number of methoxy groups -OCH3 is 1. The summed E-state index contributed by atoms with van der Waals surface area (Å²) in [6.07, 6.45) is -1.48. The van der Waals surface area contributed by atoms with Gasteiger partial charge in [0.25, 0.3) is 0 Å². The maximum absolute atomic E-state index is 10.2. The summed E-state index contributed by atoms with van der Waals surface area (Å²) >= 11 is 0. The van der Waals surface area contributed by atoms with Crippen LogP contribution in [0.1, 0.15) is 5.56 Å². The van der Waals surface area contributed by atoms with E-state index < -0.39 is 37.0 Å². The van der Waals surface area contributed by atoms with E-state index in [0.717, 1.165) is 5.56 Å². The van der Waals surface area contributed by atoms with Crippen LogP contribution in [0.4, 0.5) is 0 Å². The maximum Gasteiger partial charge on any atom is 0.231 e. The van der Waals surface area contributed by atoms with Crippen molar-refractivity contribution in [1.82, 2.24) is 0 Å². The molecule has 2 fully saturated rings. The molecule has 3 aliphatic rings. The first-order valence-electron chi connectivity index (χ1n) is 8.05. The number of fused-ring (bicyclic) bond motifs is 2. The van der Waals surface area contributed by atoms with E-state index in [9.17, 15) is 10.2 Å². The number of rotatable bonds is 3. The summed E-state index contributed by atoms with van der Waals surface area (Å²) in [6, 6.07) is 5.58. The lowest BCUT2D eigenvalue weighted by Gasteiger charge is -2.45. The van der Waals surface area contributed by atoms with E-state index in [0.29, 0.717) is 11.5 Å². The van der Waals surface area contributed by atoms with Gasteiger partial charge >= 0.3 is 0 Å². The van der Waals surface area contributed by atoms with Crippen molar-refractivity contribution in [2.75, 3.05) is 20.5 Å². The summed E-state index contributed by atoms with van der Waals surface area (Å²) in [5, 5.41) is 20.2. The fourth-order valence-electron chi connectivity index (χ4n) is 3.09. The summed E-state index contributed by atoms with van der Waals surface area (Å²) in [5.41, 5.74) is 0.901. The molecular formula is C17H20O8. The van der Waals surface area contributed by atoms with E-state index in [-0.39, 0.29) is 13.4 Å². The second-order valence-electron chi connectivity index (χ2n) is 6.03. The summed E-state index contributed by atoms with van der Waals surface area (Å²) in [4.78, 5) is 0. The van der Waals surface area contributed by atoms with Crippen molar-refractivity contribution in [3.05, 3.63) is 29.8 Å². The van der Waals surface area contributed by atoms with Gasteiger partial charge in [-0.1, -0.05) is 12.1 Å². The van der Waals surface area contributed by atoms with Gasteiger partial charge in [-0.05, 0) is 23.8 Å². The zero-order valence-electron chi connectivity index (χ0n) is 13.6. The summed E-state index contributed by atoms with van der Waals surface area (Å²) < 4.78 is 32.5. The van der Waals surface area contributed by atoms with Crippen molar-refractivity contribution < 1.29 is 38.6 Å². The third-order valence-electron chi connectivity index (χ3n) is 4.43. The molecule has 0 amide bonds. The highest BCUT2D eigenvalue weighted by atomic mass is 16.7. The van der Waals surface area contributed by atoms with Gasteiger partial charge in [0.2, 0.25) is 6.79 Å². The molecule has 8 nitrogen and oxygen atoms in total. The maximum atomic E-state index is 10.2. The number of hydrogen-bond donors (Lipinski definition) is 2. The minimum absolute atomic E-state index is 0.225. The molecular weight excluding hydrogens is 332 g/mol. The Morgan fingerprint density at radius 1 is 1.12 bits per heavy atom. The smallest absolute Gasteiger partial charge is 0.231 e. The molecule has 0 aliphatic carbocycles. The fourth-order valence-corrected chi connectivity index (χ4v) is 3.09. The Morgan fingerprint density at radius 3 is 2.80 bits per heavy atom. The molecule has 8 heteroatoms. The third kappa shape index (κ3) is 3.24. The molecule has 2 N–H and O–H groups in total. The normalized spacial score (nSPS) is 37.2. The second-order valence-corrected chi connectivity index (χ2v) is 6.03. The monoisotopic (exact) mass is 352 g/mol. The van der Waals surface area contributed by atoms with Gasteiger partial charge in [-0.25, -0.2) is 0 Å². The molecule has 3 aliphatic heterocycles. The van der Waals surface area contributed by atoms with Crippen molar-refractivity contribution in [2.24, 2.45) is 0 Å². The number of aliphatic hydroxyl groups is 2. The molecule has 0 saturated carbocycles. The van der Waals surface area contributed by atoms with Crippen LogP contribution in [0, 0.1) is 0 Å². The predicted octanol–water partition coefficient (Wildman–Crippen LogP) is 0.263. The Morgan fingerprint density at radius 2 is 1.96 bits per heavy atom. The van der Waals surface area contributed by atoms with Crippen LogP contribution >= 0.6 is 0 Å². The minimum atomic E-state index is -1.18. The van der Waals surface area contributed by atoms with E-state index >= 15 is 0 Å². The zero-order valence-corrected chi connectivity index (χ0v) is 13.6. The second kappa shape index (κ2) is 6.91. The molecule has 0 radical (unpaired) electrons. The summed E-state index contributed by atoms with van der Waals surface area (Å²) in [6.45, 7) is 0.452. The van der Waals surface area contributed by atoms with E-state index in [1.807, 2.05) is 24.3 Å². The summed E-state index contributed by atoms with van der Waals surface area (Å²) in [5.74, 6) is 1.41. The van der Waals surface area contributed by atoms with Crippen LogP contribution in [-0.2, 0) is 18.9 Å². The first-order chi connectivity index (χ1) is 12.2. The van der Waals surface area contributed by atoms with Gasteiger partial charge in [0.1, 0.15) is 24.4 Å². The molecule has 4 rings (SSSR count). The molecule has 2 unspecified atom stereocenters. The lowest BCUT2D eigenvalue weighted by atomic mass is 9.98. The SMILES string of the molecule is COC1O[C@@H]2COC(/C=C/c3ccc4c(c3)OCO4)O[C@H]2[C@H](O)[C@H]1O. The number of benzene rings is 1. The molecule has 3 heterocycles. The van der Waals surface area contributed by atoms with Crippen LogP contribution in [-0.4, -0.2) is 67.7 Å². The first-order valence-corrected chi connectivity index (χ1v) is 8.05. The molecule has 136 valence electrons. The van der Waals surface area contributed by atoms with Crippen molar-refractivity contribution in [3.63, 3.8) is 0 Å². The Kier molecular flexibility index (Phi) is 4.63. The predicted molar refractivity (Wildman–Crippen MR) is 83.9 cm³/mol. The third-order valence-corrected chi connectivity index (χ3v) is 4.43. The van der Waals surface area contributed by atoms with Gasteiger partial charge in [0.15, 0.2) is 24.1 Å². The molecule has 1 aromatic carbocycles. The van der Waals surface area contributed by atoms with E-state index in [2.05, 4.69) is 0 Å². The summed E-state index contributed by atoms with van der Waals surface area (Å²) in [7, 11) is 1.41. The van der Waals surface area contributed by atoms with Gasteiger partial charge < -0.3 is 38.6 Å². The molecule has 0 aromatic heterocycles. The number of ether oxygens (including phenoxy) is 6. The first kappa shape index (κ1) is 16.8. The zero-order chi connectivity index (χ0) is 17.4. The van der Waals surface area contributed by atoms with Crippen LogP contribution in [0.3, 0.4) is 0 Å². The average Bonchev–Trinajstić information content (AvgIpc) is 3.11. The van der Waals surface area contributed by atoms with E-state index in [4.69, 9.17) is 28.4 Å². The lowest BCUT2D eigenvalue weighted by molar-refractivity contribution is -0.347. The Balaban J connectivity index is 1.42. The average molecular weight is 352 g/mol. The minimum Gasteiger partial charge on any atom is -0.454 e. The Bertz CT molecular complexity index is 646. The van der Waals surface area contributed by atoms with Crippen LogP contribution in [0.25, 0.3) is 6.08 Å². The number of aliphatic hydroxyl groups excluding tert-OH is 2. The van der Waals surface area contributed by atoms with Crippen molar-refractivity contribution >= 4 is 6.08 Å². The van der Waals surface area contributed by atoms with Gasteiger partial charge in [-0.3, -0.25) is 0 Å². The Hall–Kier alpha value is -1.68. The quantitative estimate of drug-likeness (QED) is 0.800. The number of hydrogen-bond acceptors (Lipinski definition) is 8. The molecule has 1 aromatic rings. The van der Waals surface area contributed by atoms with Gasteiger partial charge in [0.05, 0.1) is 6.61 Å². The molecule has 2 saturated heterocycles. The lowest BCUT2D eigenvalue weighted by Crippen LogP contribution is -2.62. The molecule has 0 spiro atoms. The van der Waals surface area contributed by atoms with Gasteiger partial charge in [-0.2, -0.15) is 0 Å². The Labute approximate surface area is 144 Å². The van der Waals surface area contributed by atoms with Gasteiger partial charge in [0, 0.05) is 7.11 Å². The van der Waals surface area contributed by atoms with Crippen molar-refractivity contribution in [2.45, 2.75) is 37.0 Å². The van der Waals surface area contributed by atoms with Crippen molar-refractivity contribution in [1.29, 1.82) is 0 Å². The fraction of sp³-hybridized carbons (Fsp3) is 0.529. The van der Waals surface area contributed by atoms with Gasteiger partial charge in [-0.15, -0.1) is 0 Å². The topological polar surface area (TPSA) is 95.8 Å². The highest BCUT2D eigenvalue weighted by molar-refractivity contribution is 5.56. The molecule has 6 atom stereocenters. The van der Waals surface area contributed by atoms with Crippen LogP contribution in [0.2, 0.25) is 0 Å². The van der Waals surface area contributed by atoms with E-state index in [1.165, 1.54) is 7.11 Å². The van der Waals surface area contributed by atoms with Crippen LogP contribution in [0.15, 0.2) is 24.3 Å². The van der Waals surface area contributed by atoms with Crippen LogP contribution in [0.5, 0.6) is 11.5 Å². The standard InChI is InChI=1S/C17H20O8/c1-20-17-15(19)14(18)16-12(24-17)7-21-13(25-16)5-3-9-2-4-10-11(6-9)23-8-22-10/h2-6,12-19H,7-8H2,1H3/b5-3+/t12-,13?,14-,15-,16-,17?/m1/s1. The molecule has 0 bridgehead atoms. The van der Waals surface area contributed by atoms with Crippen LogP contribution < -0.4 is 9.47 Å². The van der Waals surface area contributed by atoms with E-state index in [1.54, 1.807) is 6.08 Å². The largest absolute Gasteiger partial charge is 0.454 e. The highest BCUT2D eigenvalue weighted by Crippen LogP contribution is 2.33. The molecule has 25 heavy (non-hydrogen) atoms. The van der Waals surface area contributed by atoms with Crippen molar-refractivity contribution in [3.8, 4) is 11.5 Å².